The highest BCUT2D eigenvalue weighted by Gasteiger charge is 2.16. The zero-order chi connectivity index (χ0) is 16.7. The number of hydrogen-bond donors (Lipinski definition) is 1. The molecule has 1 aliphatic rings. The Hall–Kier alpha value is -2.41. The lowest BCUT2D eigenvalue weighted by Crippen LogP contribution is -2.15. The quantitative estimate of drug-likeness (QED) is 0.705. The van der Waals surface area contributed by atoms with Crippen molar-refractivity contribution in [2.75, 3.05) is 18.5 Å². The smallest absolute Gasteiger partial charge is 0.163 e. The Kier molecular flexibility index (Phi) is 3.72. The first-order valence-corrected chi connectivity index (χ1v) is 8.19. The average molecular weight is 390 g/mol. The number of fused-ring (bicyclic) bond motifs is 2. The van der Waals surface area contributed by atoms with Gasteiger partial charge in [-0.25, -0.2) is 14.4 Å². The van der Waals surface area contributed by atoms with E-state index in [0.29, 0.717) is 47.3 Å². The van der Waals surface area contributed by atoms with Crippen LogP contribution in [0.4, 0.5) is 15.9 Å². The second kappa shape index (κ2) is 5.90. The van der Waals surface area contributed by atoms with Crippen LogP contribution in [0.25, 0.3) is 10.9 Å². The van der Waals surface area contributed by atoms with Crippen LogP contribution >= 0.6 is 15.9 Å². The first-order valence-electron chi connectivity index (χ1n) is 7.39. The molecule has 0 bridgehead atoms. The SMILES string of the molecule is Cc1c(Br)ccc(Nc2ncnc3cc4c(cc23)OCCO4)c1F. The standard InChI is InChI=1S/C17H13BrFN3O2/c1-9-11(18)2-3-12(16(9)19)22-17-10-6-14-15(24-5-4-23-14)7-13(10)20-8-21-17/h2-3,6-8H,4-5H2,1H3,(H,20,21,22). The van der Waals surface area contributed by atoms with Crippen LogP contribution in [0.15, 0.2) is 35.1 Å². The van der Waals surface area contributed by atoms with E-state index >= 15 is 0 Å². The zero-order valence-electron chi connectivity index (χ0n) is 12.8. The minimum Gasteiger partial charge on any atom is -0.486 e. The van der Waals surface area contributed by atoms with Gasteiger partial charge in [-0.1, -0.05) is 15.9 Å². The molecule has 0 amide bonds. The molecule has 7 heteroatoms. The molecule has 0 unspecified atom stereocenters. The van der Waals surface area contributed by atoms with Gasteiger partial charge in [0.25, 0.3) is 0 Å². The molecule has 2 aromatic carbocycles. The number of anilines is 2. The molecule has 1 aromatic heterocycles. The maximum Gasteiger partial charge on any atom is 0.163 e. The van der Waals surface area contributed by atoms with Crippen molar-refractivity contribution in [3.8, 4) is 11.5 Å². The third-order valence-corrected chi connectivity index (χ3v) is 4.73. The van der Waals surface area contributed by atoms with Gasteiger partial charge in [-0.3, -0.25) is 0 Å². The molecule has 0 saturated heterocycles. The molecule has 0 radical (unpaired) electrons. The van der Waals surface area contributed by atoms with E-state index in [1.54, 1.807) is 25.1 Å². The van der Waals surface area contributed by atoms with Gasteiger partial charge in [-0.2, -0.15) is 0 Å². The van der Waals surface area contributed by atoms with E-state index < -0.39 is 0 Å². The van der Waals surface area contributed by atoms with Crippen LogP contribution < -0.4 is 14.8 Å². The van der Waals surface area contributed by atoms with Gasteiger partial charge in [-0.15, -0.1) is 0 Å². The summed E-state index contributed by atoms with van der Waals surface area (Å²) in [5.41, 5.74) is 1.59. The van der Waals surface area contributed by atoms with Crippen LogP contribution in [-0.2, 0) is 0 Å². The number of nitrogens with zero attached hydrogens (tertiary/aromatic N) is 2. The number of nitrogens with one attached hydrogen (secondary N) is 1. The average Bonchev–Trinajstić information content (AvgIpc) is 2.61. The van der Waals surface area contributed by atoms with E-state index in [4.69, 9.17) is 9.47 Å². The second-order valence-corrected chi connectivity index (χ2v) is 6.25. The van der Waals surface area contributed by atoms with E-state index in [9.17, 15) is 4.39 Å². The molecule has 0 aliphatic carbocycles. The molecule has 24 heavy (non-hydrogen) atoms. The van der Waals surface area contributed by atoms with Crippen molar-refractivity contribution in [3.63, 3.8) is 0 Å². The maximum absolute atomic E-state index is 14.4. The van der Waals surface area contributed by atoms with Gasteiger partial charge in [0, 0.05) is 21.5 Å². The number of benzene rings is 2. The van der Waals surface area contributed by atoms with Gasteiger partial charge in [0.1, 0.15) is 25.4 Å². The molecule has 0 spiro atoms. The van der Waals surface area contributed by atoms with Crippen LogP contribution in [0.5, 0.6) is 11.5 Å². The molecule has 122 valence electrons. The van der Waals surface area contributed by atoms with Crippen molar-refractivity contribution in [2.45, 2.75) is 6.92 Å². The molecular weight excluding hydrogens is 377 g/mol. The third kappa shape index (κ3) is 2.54. The predicted molar refractivity (Wildman–Crippen MR) is 92.6 cm³/mol. The summed E-state index contributed by atoms with van der Waals surface area (Å²) in [5, 5.41) is 3.78. The van der Waals surface area contributed by atoms with Crippen molar-refractivity contribution >= 4 is 38.3 Å². The lowest BCUT2D eigenvalue weighted by Gasteiger charge is -2.19. The van der Waals surface area contributed by atoms with Crippen molar-refractivity contribution in [1.82, 2.24) is 9.97 Å². The van der Waals surface area contributed by atoms with Crippen LogP contribution in [0.2, 0.25) is 0 Å². The van der Waals surface area contributed by atoms with Crippen LogP contribution in [0.1, 0.15) is 5.56 Å². The number of rotatable bonds is 2. The van der Waals surface area contributed by atoms with Gasteiger partial charge < -0.3 is 14.8 Å². The molecule has 0 fully saturated rings. The van der Waals surface area contributed by atoms with Crippen LogP contribution in [0, 0.1) is 12.7 Å². The number of hydrogen-bond acceptors (Lipinski definition) is 5. The minimum atomic E-state index is -0.325. The normalized spacial score (nSPS) is 13.1. The van der Waals surface area contributed by atoms with E-state index in [2.05, 4.69) is 31.2 Å². The fraction of sp³-hybridized carbons (Fsp3) is 0.176. The Labute approximate surface area is 146 Å². The Morgan fingerprint density at radius 1 is 1.12 bits per heavy atom. The van der Waals surface area contributed by atoms with Gasteiger partial charge in [0.05, 0.1) is 11.2 Å². The van der Waals surface area contributed by atoms with Gasteiger partial charge in [0.15, 0.2) is 17.3 Å². The van der Waals surface area contributed by atoms with Crippen molar-refractivity contribution in [2.24, 2.45) is 0 Å². The molecule has 2 heterocycles. The molecule has 1 N–H and O–H groups in total. The zero-order valence-corrected chi connectivity index (χ0v) is 14.4. The molecule has 4 rings (SSSR count). The van der Waals surface area contributed by atoms with E-state index in [1.807, 2.05) is 6.07 Å². The van der Waals surface area contributed by atoms with Gasteiger partial charge in [0.2, 0.25) is 0 Å². The highest BCUT2D eigenvalue weighted by Crippen LogP contribution is 2.37. The summed E-state index contributed by atoms with van der Waals surface area (Å²) < 4.78 is 26.3. The second-order valence-electron chi connectivity index (χ2n) is 5.39. The molecule has 1 aliphatic heterocycles. The van der Waals surface area contributed by atoms with Crippen molar-refractivity contribution < 1.29 is 13.9 Å². The largest absolute Gasteiger partial charge is 0.486 e. The van der Waals surface area contributed by atoms with Crippen LogP contribution in [0.3, 0.4) is 0 Å². The first-order chi connectivity index (χ1) is 11.6. The van der Waals surface area contributed by atoms with Crippen molar-refractivity contribution in [3.05, 3.63) is 46.4 Å². The van der Waals surface area contributed by atoms with E-state index in [1.165, 1.54) is 6.33 Å². The summed E-state index contributed by atoms with van der Waals surface area (Å²) in [5.74, 6) is 1.48. The lowest BCUT2D eigenvalue weighted by molar-refractivity contribution is 0.172. The summed E-state index contributed by atoms with van der Waals surface area (Å²) in [6.45, 7) is 2.72. The fourth-order valence-electron chi connectivity index (χ4n) is 2.58. The minimum absolute atomic E-state index is 0.325. The Morgan fingerprint density at radius 2 is 1.88 bits per heavy atom. The van der Waals surface area contributed by atoms with Gasteiger partial charge in [-0.05, 0) is 25.1 Å². The van der Waals surface area contributed by atoms with Gasteiger partial charge >= 0.3 is 0 Å². The molecule has 5 nitrogen and oxygen atoms in total. The summed E-state index contributed by atoms with van der Waals surface area (Å²) in [4.78, 5) is 8.51. The molecule has 0 saturated carbocycles. The van der Waals surface area contributed by atoms with Crippen molar-refractivity contribution in [1.29, 1.82) is 0 Å². The van der Waals surface area contributed by atoms with Crippen LogP contribution in [-0.4, -0.2) is 23.2 Å². The Bertz CT molecular complexity index is 949. The summed E-state index contributed by atoms with van der Waals surface area (Å²) in [6.07, 6.45) is 1.43. The first kappa shape index (κ1) is 15.1. The molecular formula is C17H13BrFN3O2. The number of ether oxygens (including phenoxy) is 2. The monoisotopic (exact) mass is 389 g/mol. The van der Waals surface area contributed by atoms with E-state index in [0.717, 1.165) is 9.86 Å². The summed E-state index contributed by atoms with van der Waals surface area (Å²) >= 11 is 3.32. The lowest BCUT2D eigenvalue weighted by atomic mass is 10.1. The molecule has 3 aromatic rings. The highest BCUT2D eigenvalue weighted by molar-refractivity contribution is 9.10. The maximum atomic E-state index is 14.4. The third-order valence-electron chi connectivity index (χ3n) is 3.87. The highest BCUT2D eigenvalue weighted by atomic mass is 79.9. The Balaban J connectivity index is 1.81. The topological polar surface area (TPSA) is 56.3 Å². The summed E-state index contributed by atoms with van der Waals surface area (Å²) in [7, 11) is 0. The van der Waals surface area contributed by atoms with E-state index in [-0.39, 0.29) is 5.82 Å². The fourth-order valence-corrected chi connectivity index (χ4v) is 2.88. The predicted octanol–water partition coefficient (Wildman–Crippen LogP) is 4.35. The Morgan fingerprint density at radius 3 is 2.67 bits per heavy atom. The molecule has 0 atom stereocenters. The summed E-state index contributed by atoms with van der Waals surface area (Å²) in [6, 6.07) is 7.08. The number of aromatic nitrogens is 2. The number of halogens is 2.